The maximum atomic E-state index is 11.4. The van der Waals surface area contributed by atoms with Crippen molar-refractivity contribution in [2.45, 2.75) is 0 Å². The summed E-state index contributed by atoms with van der Waals surface area (Å²) in [5.41, 5.74) is -0.0576. The zero-order chi connectivity index (χ0) is 14.4. The van der Waals surface area contributed by atoms with E-state index in [-0.39, 0.29) is 17.1 Å². The average molecular weight is 378 g/mol. The van der Waals surface area contributed by atoms with Gasteiger partial charge in [-0.3, -0.25) is 0 Å². The summed E-state index contributed by atoms with van der Waals surface area (Å²) >= 11 is 1.98. The molecule has 1 aromatic carbocycles. The molecule has 0 saturated carbocycles. The van der Waals surface area contributed by atoms with Crippen molar-refractivity contribution in [3.63, 3.8) is 0 Å². The van der Waals surface area contributed by atoms with Crippen LogP contribution in [0, 0.1) is 3.57 Å². The third-order valence-corrected chi connectivity index (χ3v) is 2.67. The molecule has 6 nitrogen and oxygen atoms in total. The number of carbonyl (C=O) groups is 2. The second kappa shape index (κ2) is 6.98. The molecule has 0 atom stereocenters. The molecule has 0 heterocycles. The van der Waals surface area contributed by atoms with Crippen molar-refractivity contribution in [1.29, 1.82) is 0 Å². The summed E-state index contributed by atoms with van der Waals surface area (Å²) < 4.78 is 15.2. The number of methoxy groups -OCH3 is 2. The predicted octanol–water partition coefficient (Wildman–Crippen LogP) is 2.03. The summed E-state index contributed by atoms with van der Waals surface area (Å²) in [5, 5.41) is 9.08. The van der Waals surface area contributed by atoms with Gasteiger partial charge in [0, 0.05) is 3.57 Å². The molecule has 19 heavy (non-hydrogen) atoms. The highest BCUT2D eigenvalue weighted by atomic mass is 127. The van der Waals surface area contributed by atoms with Gasteiger partial charge in [-0.05, 0) is 40.8 Å². The second-order valence-electron chi connectivity index (χ2n) is 3.26. The molecule has 0 unspecified atom stereocenters. The first-order chi connectivity index (χ1) is 8.99. The molecule has 0 saturated heterocycles. The van der Waals surface area contributed by atoms with E-state index in [1.807, 2.05) is 22.6 Å². The van der Waals surface area contributed by atoms with Gasteiger partial charge in [0.2, 0.25) is 5.76 Å². The van der Waals surface area contributed by atoms with E-state index in [1.54, 1.807) is 6.07 Å². The zero-order valence-electron chi connectivity index (χ0n) is 10.2. The number of halogens is 1. The summed E-state index contributed by atoms with van der Waals surface area (Å²) in [5.74, 6) is -2.14. The molecule has 0 spiro atoms. The minimum atomic E-state index is -1.16. The Morgan fingerprint density at radius 1 is 1.32 bits per heavy atom. The van der Waals surface area contributed by atoms with E-state index >= 15 is 0 Å². The number of aromatic carboxylic acids is 1. The van der Waals surface area contributed by atoms with Crippen LogP contribution in [0.5, 0.6) is 5.75 Å². The number of carbonyl (C=O) groups excluding carboxylic acids is 1. The third-order valence-electron chi connectivity index (χ3n) is 2.00. The van der Waals surface area contributed by atoms with Gasteiger partial charge >= 0.3 is 11.9 Å². The molecular weight excluding hydrogens is 367 g/mol. The Morgan fingerprint density at radius 2 is 2.00 bits per heavy atom. The molecule has 0 aliphatic carbocycles. The Kier molecular flexibility index (Phi) is 5.61. The van der Waals surface area contributed by atoms with Gasteiger partial charge in [0.25, 0.3) is 0 Å². The first kappa shape index (κ1) is 15.3. The van der Waals surface area contributed by atoms with Crippen LogP contribution in [0.2, 0.25) is 0 Å². The fourth-order valence-corrected chi connectivity index (χ4v) is 1.69. The van der Waals surface area contributed by atoms with E-state index in [4.69, 9.17) is 9.84 Å². The van der Waals surface area contributed by atoms with Gasteiger partial charge in [0.15, 0.2) is 0 Å². The summed E-state index contributed by atoms with van der Waals surface area (Å²) in [4.78, 5) is 22.5. The van der Waals surface area contributed by atoms with Crippen LogP contribution in [0.4, 0.5) is 0 Å². The van der Waals surface area contributed by atoms with Gasteiger partial charge in [0.1, 0.15) is 17.6 Å². The van der Waals surface area contributed by atoms with E-state index in [1.165, 1.54) is 26.4 Å². The standard InChI is InChI=1S/C12H11IO6/c1-17-6-10(12(16)18-2)19-9-4-3-7(13)5-8(9)11(14)15/h3-6H,1-2H3,(H,14,15)/b10-6+. The predicted molar refractivity (Wildman–Crippen MR) is 73.9 cm³/mol. The van der Waals surface area contributed by atoms with Gasteiger partial charge < -0.3 is 19.3 Å². The summed E-state index contributed by atoms with van der Waals surface area (Å²) in [6.07, 6.45) is 1.04. The molecule has 0 aromatic heterocycles. The van der Waals surface area contributed by atoms with Crippen LogP contribution in [0.1, 0.15) is 10.4 Å². The molecule has 1 rings (SSSR count). The van der Waals surface area contributed by atoms with Crippen LogP contribution >= 0.6 is 22.6 Å². The number of ether oxygens (including phenoxy) is 3. The molecule has 102 valence electrons. The summed E-state index contributed by atoms with van der Waals surface area (Å²) in [6, 6.07) is 4.54. The number of hydrogen-bond acceptors (Lipinski definition) is 5. The molecule has 0 fully saturated rings. The number of esters is 1. The van der Waals surface area contributed by atoms with Crippen molar-refractivity contribution in [3.8, 4) is 5.75 Å². The molecule has 0 amide bonds. The van der Waals surface area contributed by atoms with Crippen molar-refractivity contribution < 1.29 is 28.9 Å². The van der Waals surface area contributed by atoms with Crippen LogP contribution in [0.15, 0.2) is 30.2 Å². The maximum Gasteiger partial charge on any atom is 0.377 e. The molecule has 7 heteroatoms. The van der Waals surface area contributed by atoms with Crippen molar-refractivity contribution in [2.24, 2.45) is 0 Å². The van der Waals surface area contributed by atoms with Gasteiger partial charge in [-0.1, -0.05) is 0 Å². The number of hydrogen-bond donors (Lipinski definition) is 1. The Labute approximate surface area is 123 Å². The van der Waals surface area contributed by atoms with E-state index in [2.05, 4.69) is 9.47 Å². The first-order valence-corrected chi connectivity index (χ1v) is 6.09. The number of carboxylic acids is 1. The van der Waals surface area contributed by atoms with Crippen LogP contribution in [-0.2, 0) is 14.3 Å². The minimum Gasteiger partial charge on any atom is -0.500 e. The molecule has 1 aromatic rings. The quantitative estimate of drug-likeness (QED) is 0.366. The van der Waals surface area contributed by atoms with Crippen molar-refractivity contribution in [3.05, 3.63) is 39.4 Å². The first-order valence-electron chi connectivity index (χ1n) is 5.01. The monoisotopic (exact) mass is 378 g/mol. The lowest BCUT2D eigenvalue weighted by molar-refractivity contribution is -0.138. The fourth-order valence-electron chi connectivity index (χ4n) is 1.20. The highest BCUT2D eigenvalue weighted by Crippen LogP contribution is 2.23. The second-order valence-corrected chi connectivity index (χ2v) is 4.50. The number of benzene rings is 1. The largest absolute Gasteiger partial charge is 0.500 e. The Morgan fingerprint density at radius 3 is 2.53 bits per heavy atom. The van der Waals surface area contributed by atoms with Gasteiger partial charge in [0.05, 0.1) is 14.2 Å². The number of rotatable bonds is 5. The van der Waals surface area contributed by atoms with Gasteiger partial charge in [-0.25, -0.2) is 9.59 Å². The summed E-state index contributed by atoms with van der Waals surface area (Å²) in [6.45, 7) is 0. The van der Waals surface area contributed by atoms with Crippen LogP contribution in [0.25, 0.3) is 0 Å². The van der Waals surface area contributed by atoms with Crippen LogP contribution < -0.4 is 4.74 Å². The average Bonchev–Trinajstić information content (AvgIpc) is 2.38. The van der Waals surface area contributed by atoms with Gasteiger partial charge in [-0.15, -0.1) is 0 Å². The van der Waals surface area contributed by atoms with Crippen molar-refractivity contribution in [2.75, 3.05) is 14.2 Å². The molecule has 0 bridgehead atoms. The molecule has 0 aliphatic heterocycles. The van der Waals surface area contributed by atoms with E-state index in [9.17, 15) is 9.59 Å². The maximum absolute atomic E-state index is 11.4. The van der Waals surface area contributed by atoms with E-state index in [0.29, 0.717) is 0 Å². The molecule has 0 aliphatic rings. The van der Waals surface area contributed by atoms with Crippen LogP contribution in [0.3, 0.4) is 0 Å². The Balaban J connectivity index is 3.13. The van der Waals surface area contributed by atoms with E-state index < -0.39 is 11.9 Å². The molecule has 0 radical (unpaired) electrons. The lowest BCUT2D eigenvalue weighted by Crippen LogP contribution is -2.13. The molecule has 1 N–H and O–H groups in total. The normalized spacial score (nSPS) is 10.8. The van der Waals surface area contributed by atoms with Crippen molar-refractivity contribution >= 4 is 34.5 Å². The minimum absolute atomic E-state index is 0.0293. The highest BCUT2D eigenvalue weighted by Gasteiger charge is 2.18. The van der Waals surface area contributed by atoms with Crippen LogP contribution in [-0.4, -0.2) is 31.3 Å². The summed E-state index contributed by atoms with van der Waals surface area (Å²) in [7, 11) is 2.51. The Bertz CT molecular complexity index is 523. The van der Waals surface area contributed by atoms with Crippen molar-refractivity contribution in [1.82, 2.24) is 0 Å². The third kappa shape index (κ3) is 4.12. The SMILES string of the molecule is CO/C=C(/Oc1ccc(I)cc1C(=O)O)C(=O)OC. The fraction of sp³-hybridized carbons (Fsp3) is 0.167. The number of carboxylic acid groups (broad SMARTS) is 1. The van der Waals surface area contributed by atoms with Gasteiger partial charge in [-0.2, -0.15) is 0 Å². The molecular formula is C12H11IO6. The Hall–Kier alpha value is -1.77. The smallest absolute Gasteiger partial charge is 0.377 e. The van der Waals surface area contributed by atoms with E-state index in [0.717, 1.165) is 9.83 Å². The lowest BCUT2D eigenvalue weighted by Gasteiger charge is -2.10. The zero-order valence-corrected chi connectivity index (χ0v) is 12.3. The highest BCUT2D eigenvalue weighted by molar-refractivity contribution is 14.1. The topological polar surface area (TPSA) is 82.1 Å². The lowest BCUT2D eigenvalue weighted by atomic mass is 10.2.